The Kier molecular flexibility index (Phi) is 5.34. The molecule has 1 amide bonds. The van der Waals surface area contributed by atoms with Crippen LogP contribution in [0, 0.1) is 0 Å². The molecular weight excluding hydrogens is 352 g/mol. The molecule has 8 heteroatoms. The summed E-state index contributed by atoms with van der Waals surface area (Å²) in [4.78, 5) is 40.0. The molecule has 3 aromatic rings. The maximum atomic E-state index is 12.5. The topological polar surface area (TPSA) is 87.2 Å². The normalized spacial score (nSPS) is 12.4. The van der Waals surface area contributed by atoms with Crippen molar-refractivity contribution in [1.29, 1.82) is 0 Å². The van der Waals surface area contributed by atoms with Gasteiger partial charge in [0.15, 0.2) is 0 Å². The van der Waals surface area contributed by atoms with Gasteiger partial charge >= 0.3 is 0 Å². The highest BCUT2D eigenvalue weighted by Gasteiger charge is 2.17. The van der Waals surface area contributed by atoms with Crippen LogP contribution in [0.2, 0.25) is 0 Å². The highest BCUT2D eigenvalue weighted by atomic mass is 32.1. The number of nitrogens with one attached hydrogen (secondary N) is 2. The summed E-state index contributed by atoms with van der Waals surface area (Å²) in [5.74, 6) is -0.332. The van der Waals surface area contributed by atoms with E-state index in [9.17, 15) is 14.4 Å². The molecule has 7 nitrogen and oxygen atoms in total. The third kappa shape index (κ3) is 3.76. The number of aromatic nitrogens is 2. The van der Waals surface area contributed by atoms with E-state index < -0.39 is 11.1 Å². The second-order valence-electron chi connectivity index (χ2n) is 6.18. The number of thiophene rings is 1. The predicted octanol–water partition coefficient (Wildman–Crippen LogP) is 1.17. The number of carbonyl (C=O) groups excluding carboxylic acids is 1. The Balaban J connectivity index is 1.74. The largest absolute Gasteiger partial charge is 0.353 e. The van der Waals surface area contributed by atoms with Crippen LogP contribution < -0.4 is 16.4 Å². The standard InChI is InChI=1S/C18H20N4O3S/c1-21(2)14(15-8-5-9-26-15)10-19-16(23)11-22-18(25)13-7-4-3-6-12(13)17(24)20-22/h3-9,14H,10-11H2,1-2H3,(H,19,23)(H,20,24). The molecule has 0 aliphatic heterocycles. The van der Waals surface area contributed by atoms with Crippen LogP contribution in [0.25, 0.3) is 10.8 Å². The average molecular weight is 372 g/mol. The van der Waals surface area contributed by atoms with Gasteiger partial charge in [-0.05, 0) is 37.7 Å². The lowest BCUT2D eigenvalue weighted by molar-refractivity contribution is -0.122. The minimum atomic E-state index is -0.391. The maximum absolute atomic E-state index is 12.5. The van der Waals surface area contributed by atoms with Crippen LogP contribution in [-0.2, 0) is 11.3 Å². The monoisotopic (exact) mass is 372 g/mol. The Bertz CT molecular complexity index is 1020. The van der Waals surface area contributed by atoms with Gasteiger partial charge in [-0.15, -0.1) is 11.3 Å². The van der Waals surface area contributed by atoms with Crippen molar-refractivity contribution in [2.75, 3.05) is 20.6 Å². The molecule has 26 heavy (non-hydrogen) atoms. The Labute approximate surface area is 153 Å². The second kappa shape index (κ2) is 7.67. The van der Waals surface area contributed by atoms with Gasteiger partial charge in [0, 0.05) is 11.4 Å². The lowest BCUT2D eigenvalue weighted by atomic mass is 10.2. The summed E-state index contributed by atoms with van der Waals surface area (Å²) < 4.78 is 1.05. The van der Waals surface area contributed by atoms with E-state index >= 15 is 0 Å². The van der Waals surface area contributed by atoms with Crippen molar-refractivity contribution in [3.63, 3.8) is 0 Å². The number of H-pyrrole nitrogens is 1. The summed E-state index contributed by atoms with van der Waals surface area (Å²) >= 11 is 1.63. The third-order valence-electron chi connectivity index (χ3n) is 4.17. The van der Waals surface area contributed by atoms with Gasteiger partial charge < -0.3 is 10.2 Å². The van der Waals surface area contributed by atoms with Crippen LogP contribution in [0.3, 0.4) is 0 Å². The van der Waals surface area contributed by atoms with E-state index in [2.05, 4.69) is 10.4 Å². The zero-order valence-corrected chi connectivity index (χ0v) is 15.4. The highest BCUT2D eigenvalue weighted by Crippen LogP contribution is 2.22. The minimum absolute atomic E-state index is 0.0475. The molecule has 0 aliphatic carbocycles. The van der Waals surface area contributed by atoms with Gasteiger partial charge in [0.25, 0.3) is 11.1 Å². The van der Waals surface area contributed by atoms with Crippen LogP contribution in [-0.4, -0.2) is 41.2 Å². The molecule has 1 unspecified atom stereocenters. The molecule has 136 valence electrons. The van der Waals surface area contributed by atoms with Crippen LogP contribution in [0.4, 0.5) is 0 Å². The van der Waals surface area contributed by atoms with Crippen molar-refractivity contribution in [1.82, 2.24) is 20.0 Å². The first-order valence-electron chi connectivity index (χ1n) is 8.15. The van der Waals surface area contributed by atoms with Crippen molar-refractivity contribution in [3.05, 3.63) is 67.4 Å². The fourth-order valence-electron chi connectivity index (χ4n) is 2.79. The average Bonchev–Trinajstić information content (AvgIpc) is 3.13. The van der Waals surface area contributed by atoms with E-state index in [4.69, 9.17) is 0 Å². The summed E-state index contributed by atoms with van der Waals surface area (Å²) in [7, 11) is 3.89. The molecule has 0 saturated heterocycles. The predicted molar refractivity (Wildman–Crippen MR) is 103 cm³/mol. The summed E-state index contributed by atoms with van der Waals surface area (Å²) in [5.41, 5.74) is -0.782. The zero-order chi connectivity index (χ0) is 18.7. The van der Waals surface area contributed by atoms with E-state index in [-0.39, 0.29) is 18.5 Å². The quantitative estimate of drug-likeness (QED) is 0.680. The number of amides is 1. The number of hydrogen-bond acceptors (Lipinski definition) is 5. The van der Waals surface area contributed by atoms with E-state index in [0.29, 0.717) is 17.3 Å². The SMILES string of the molecule is CN(C)C(CNC(=O)Cn1[nH]c(=O)c2ccccc2c1=O)c1cccs1. The molecule has 0 aliphatic rings. The Morgan fingerprint density at radius 2 is 1.92 bits per heavy atom. The van der Waals surface area contributed by atoms with Crippen molar-refractivity contribution in [3.8, 4) is 0 Å². The highest BCUT2D eigenvalue weighted by molar-refractivity contribution is 7.10. The molecular formula is C18H20N4O3S. The number of benzene rings is 1. The molecule has 0 saturated carbocycles. The second-order valence-corrected chi connectivity index (χ2v) is 7.16. The first-order chi connectivity index (χ1) is 12.5. The molecule has 2 aromatic heterocycles. The van der Waals surface area contributed by atoms with Gasteiger partial charge in [-0.1, -0.05) is 18.2 Å². The molecule has 2 N–H and O–H groups in total. The number of likely N-dealkylation sites (N-methyl/N-ethyl adjacent to an activating group) is 1. The summed E-state index contributed by atoms with van der Waals surface area (Å²) in [6.07, 6.45) is 0. The number of rotatable bonds is 6. The van der Waals surface area contributed by atoms with Crippen molar-refractivity contribution >= 4 is 28.0 Å². The smallest absolute Gasteiger partial charge is 0.273 e. The fourth-order valence-corrected chi connectivity index (χ4v) is 3.71. The zero-order valence-electron chi connectivity index (χ0n) is 14.6. The van der Waals surface area contributed by atoms with Gasteiger partial charge in [0.05, 0.1) is 16.8 Å². The lowest BCUT2D eigenvalue weighted by Crippen LogP contribution is -2.39. The Morgan fingerprint density at radius 3 is 2.58 bits per heavy atom. The third-order valence-corrected chi connectivity index (χ3v) is 5.15. The summed E-state index contributed by atoms with van der Waals surface area (Å²) in [6, 6.07) is 10.6. The van der Waals surface area contributed by atoms with E-state index in [1.54, 1.807) is 35.6 Å². The van der Waals surface area contributed by atoms with Crippen molar-refractivity contribution in [2.45, 2.75) is 12.6 Å². The minimum Gasteiger partial charge on any atom is -0.353 e. The molecule has 1 atom stereocenters. The number of fused-ring (bicyclic) bond motifs is 1. The van der Waals surface area contributed by atoms with Crippen LogP contribution in [0.1, 0.15) is 10.9 Å². The van der Waals surface area contributed by atoms with Gasteiger partial charge in [0.2, 0.25) is 5.91 Å². The molecule has 2 heterocycles. The Morgan fingerprint density at radius 1 is 1.19 bits per heavy atom. The Hall–Kier alpha value is -2.71. The number of hydrogen-bond donors (Lipinski definition) is 2. The van der Waals surface area contributed by atoms with E-state index in [1.165, 1.54) is 0 Å². The molecule has 1 aromatic carbocycles. The number of aromatic amines is 1. The lowest BCUT2D eigenvalue weighted by Gasteiger charge is -2.23. The summed E-state index contributed by atoms with van der Waals surface area (Å²) in [6.45, 7) is 0.183. The number of carbonyl (C=O) groups is 1. The van der Waals surface area contributed by atoms with E-state index in [0.717, 1.165) is 9.56 Å². The molecule has 0 radical (unpaired) electrons. The van der Waals surface area contributed by atoms with Gasteiger partial charge in [-0.3, -0.25) is 19.5 Å². The van der Waals surface area contributed by atoms with Crippen molar-refractivity contribution < 1.29 is 4.79 Å². The fraction of sp³-hybridized carbons (Fsp3) is 0.278. The molecule has 0 spiro atoms. The van der Waals surface area contributed by atoms with E-state index in [1.807, 2.05) is 36.5 Å². The van der Waals surface area contributed by atoms with Crippen LogP contribution in [0.5, 0.6) is 0 Å². The van der Waals surface area contributed by atoms with Crippen molar-refractivity contribution in [2.24, 2.45) is 0 Å². The molecule has 0 fully saturated rings. The first kappa shape index (κ1) is 18.1. The van der Waals surface area contributed by atoms with Gasteiger partial charge in [-0.2, -0.15) is 0 Å². The summed E-state index contributed by atoms with van der Waals surface area (Å²) in [5, 5.41) is 7.92. The molecule has 0 bridgehead atoms. The first-order valence-corrected chi connectivity index (χ1v) is 9.03. The van der Waals surface area contributed by atoms with Crippen LogP contribution >= 0.6 is 11.3 Å². The van der Waals surface area contributed by atoms with Gasteiger partial charge in [0.1, 0.15) is 6.54 Å². The van der Waals surface area contributed by atoms with Gasteiger partial charge in [-0.25, -0.2) is 4.68 Å². The molecule has 3 rings (SSSR count). The maximum Gasteiger partial charge on any atom is 0.273 e. The number of nitrogens with zero attached hydrogens (tertiary/aromatic N) is 2. The van der Waals surface area contributed by atoms with Crippen LogP contribution in [0.15, 0.2) is 51.4 Å².